The first kappa shape index (κ1) is 19.1. The highest BCUT2D eigenvalue weighted by atomic mass is 16.2. The van der Waals surface area contributed by atoms with Gasteiger partial charge in [0.25, 0.3) is 11.1 Å². The van der Waals surface area contributed by atoms with Gasteiger partial charge in [-0.3, -0.25) is 19.5 Å². The number of rotatable bonds is 4. The molecule has 3 heterocycles. The lowest BCUT2D eigenvalue weighted by Gasteiger charge is -2.37. The first-order chi connectivity index (χ1) is 15.1. The van der Waals surface area contributed by atoms with Crippen LogP contribution in [-0.4, -0.2) is 31.7 Å². The summed E-state index contributed by atoms with van der Waals surface area (Å²) in [7, 11) is 0. The van der Waals surface area contributed by atoms with Gasteiger partial charge in [0.05, 0.1) is 23.4 Å². The summed E-state index contributed by atoms with van der Waals surface area (Å²) in [4.78, 5) is 40.2. The van der Waals surface area contributed by atoms with Gasteiger partial charge in [0.1, 0.15) is 0 Å². The van der Waals surface area contributed by atoms with E-state index in [0.717, 1.165) is 17.8 Å². The van der Waals surface area contributed by atoms with E-state index in [0.29, 0.717) is 17.3 Å². The summed E-state index contributed by atoms with van der Waals surface area (Å²) < 4.78 is 3.42. The van der Waals surface area contributed by atoms with Gasteiger partial charge in [-0.25, -0.2) is 4.68 Å². The Bertz CT molecular complexity index is 1370. The third-order valence-corrected chi connectivity index (χ3v) is 5.91. The predicted molar refractivity (Wildman–Crippen MR) is 118 cm³/mol. The Labute approximate surface area is 178 Å². The number of carbonyl (C=O) groups is 1. The van der Waals surface area contributed by atoms with Crippen molar-refractivity contribution in [3.63, 3.8) is 0 Å². The molecular formula is C24H22N4O3. The highest BCUT2D eigenvalue weighted by Crippen LogP contribution is 2.32. The van der Waals surface area contributed by atoms with Crippen molar-refractivity contribution in [2.24, 2.45) is 0 Å². The molecule has 0 bridgehead atoms. The Morgan fingerprint density at radius 3 is 2.45 bits per heavy atom. The van der Waals surface area contributed by atoms with E-state index < -0.39 is 0 Å². The average molecular weight is 414 g/mol. The van der Waals surface area contributed by atoms with Crippen molar-refractivity contribution >= 4 is 16.7 Å². The molecule has 1 aliphatic rings. The van der Waals surface area contributed by atoms with Crippen LogP contribution in [0.25, 0.3) is 10.8 Å². The van der Waals surface area contributed by atoms with Crippen molar-refractivity contribution in [3.05, 3.63) is 105 Å². The second-order valence-corrected chi connectivity index (χ2v) is 7.72. The van der Waals surface area contributed by atoms with E-state index in [1.54, 1.807) is 24.3 Å². The number of amides is 1. The van der Waals surface area contributed by atoms with Crippen LogP contribution in [-0.2, 0) is 17.9 Å². The molecule has 1 unspecified atom stereocenters. The lowest BCUT2D eigenvalue weighted by atomic mass is 9.99. The molecule has 7 heteroatoms. The van der Waals surface area contributed by atoms with Gasteiger partial charge in [0, 0.05) is 31.4 Å². The molecule has 0 aliphatic carbocycles. The number of aromatic nitrogens is 3. The largest absolute Gasteiger partial charge is 0.348 e. The number of aryl methyl sites for hydroxylation is 1. The quantitative estimate of drug-likeness (QED) is 0.557. The van der Waals surface area contributed by atoms with E-state index in [-0.39, 0.29) is 36.0 Å². The standard InChI is InChI=1S/C24H22N4O3/c29-21(12-14-28-24(31)19-10-5-4-9-18(19)23(30)25-28)27-16-15-26-13-6-11-20(26)22(27)17-7-2-1-3-8-17/h1-11,13,22H,12,14-16H2,(H,25,30). The molecule has 0 fully saturated rings. The third-order valence-electron chi connectivity index (χ3n) is 5.91. The molecule has 0 radical (unpaired) electrons. The minimum atomic E-state index is -0.333. The summed E-state index contributed by atoms with van der Waals surface area (Å²) in [6.45, 7) is 1.43. The average Bonchev–Trinajstić information content (AvgIpc) is 3.29. The highest BCUT2D eigenvalue weighted by molar-refractivity contribution is 5.80. The topological polar surface area (TPSA) is 80.1 Å². The maximum atomic E-state index is 13.3. The van der Waals surface area contributed by atoms with Gasteiger partial charge in [0.15, 0.2) is 0 Å². The minimum Gasteiger partial charge on any atom is -0.348 e. The van der Waals surface area contributed by atoms with Crippen molar-refractivity contribution in [1.29, 1.82) is 0 Å². The van der Waals surface area contributed by atoms with Gasteiger partial charge in [0.2, 0.25) is 5.91 Å². The molecule has 1 amide bonds. The SMILES string of the molecule is O=C(CCn1[nH]c(=O)c2ccccc2c1=O)N1CCn2cccc2C1c1ccccc1. The van der Waals surface area contributed by atoms with Crippen LogP contribution in [0.1, 0.15) is 23.7 Å². The number of nitrogens with one attached hydrogen (secondary N) is 1. The van der Waals surface area contributed by atoms with Gasteiger partial charge < -0.3 is 9.47 Å². The van der Waals surface area contributed by atoms with E-state index >= 15 is 0 Å². The zero-order chi connectivity index (χ0) is 21.4. The number of aromatic amines is 1. The van der Waals surface area contributed by atoms with Crippen LogP contribution < -0.4 is 11.1 Å². The summed E-state index contributed by atoms with van der Waals surface area (Å²) in [6, 6.07) is 20.5. The fourth-order valence-electron chi connectivity index (χ4n) is 4.39. The van der Waals surface area contributed by atoms with Crippen molar-refractivity contribution < 1.29 is 4.79 Å². The van der Waals surface area contributed by atoms with Gasteiger partial charge in [-0.05, 0) is 29.8 Å². The monoisotopic (exact) mass is 414 g/mol. The molecule has 31 heavy (non-hydrogen) atoms. The first-order valence-corrected chi connectivity index (χ1v) is 10.3. The maximum absolute atomic E-state index is 13.3. The van der Waals surface area contributed by atoms with Gasteiger partial charge in [-0.1, -0.05) is 42.5 Å². The smallest absolute Gasteiger partial charge is 0.273 e. The molecule has 0 saturated carbocycles. The van der Waals surface area contributed by atoms with E-state index in [9.17, 15) is 14.4 Å². The lowest BCUT2D eigenvalue weighted by Crippen LogP contribution is -2.43. The highest BCUT2D eigenvalue weighted by Gasteiger charge is 2.31. The molecule has 156 valence electrons. The van der Waals surface area contributed by atoms with Crippen LogP contribution in [0.2, 0.25) is 0 Å². The summed E-state index contributed by atoms with van der Waals surface area (Å²) >= 11 is 0. The Morgan fingerprint density at radius 2 is 1.65 bits per heavy atom. The number of H-pyrrole nitrogens is 1. The lowest BCUT2D eigenvalue weighted by molar-refractivity contribution is -0.134. The Kier molecular flexibility index (Phi) is 4.78. The Hall–Kier alpha value is -3.87. The Morgan fingerprint density at radius 1 is 0.903 bits per heavy atom. The van der Waals surface area contributed by atoms with E-state index in [2.05, 4.69) is 9.67 Å². The molecule has 4 aromatic rings. The van der Waals surface area contributed by atoms with E-state index in [1.807, 2.05) is 53.6 Å². The van der Waals surface area contributed by atoms with Gasteiger partial charge in [-0.15, -0.1) is 0 Å². The molecule has 2 aromatic carbocycles. The van der Waals surface area contributed by atoms with Crippen LogP contribution in [0.4, 0.5) is 0 Å². The summed E-state index contributed by atoms with van der Waals surface area (Å²) in [5.41, 5.74) is 1.49. The molecule has 0 saturated heterocycles. The number of benzene rings is 2. The van der Waals surface area contributed by atoms with Crippen LogP contribution in [0, 0.1) is 0 Å². The summed E-state index contributed by atoms with van der Waals surface area (Å²) in [5, 5.41) is 3.32. The number of hydrogen-bond acceptors (Lipinski definition) is 3. The van der Waals surface area contributed by atoms with Crippen molar-refractivity contribution in [2.75, 3.05) is 6.54 Å². The van der Waals surface area contributed by atoms with Crippen LogP contribution in [0.15, 0.2) is 82.5 Å². The van der Waals surface area contributed by atoms with Gasteiger partial charge >= 0.3 is 0 Å². The fourth-order valence-corrected chi connectivity index (χ4v) is 4.39. The Balaban J connectivity index is 1.43. The van der Waals surface area contributed by atoms with Gasteiger partial charge in [-0.2, -0.15) is 0 Å². The fraction of sp³-hybridized carbons (Fsp3) is 0.208. The van der Waals surface area contributed by atoms with Crippen molar-refractivity contribution in [2.45, 2.75) is 25.6 Å². The molecule has 2 aromatic heterocycles. The van der Waals surface area contributed by atoms with E-state index in [1.165, 1.54) is 4.68 Å². The molecular weight excluding hydrogens is 392 g/mol. The second kappa shape index (κ2) is 7.75. The molecule has 1 N–H and O–H groups in total. The van der Waals surface area contributed by atoms with Crippen LogP contribution in [0.3, 0.4) is 0 Å². The second-order valence-electron chi connectivity index (χ2n) is 7.72. The number of carbonyl (C=O) groups excluding carboxylic acids is 1. The number of fused-ring (bicyclic) bond motifs is 2. The predicted octanol–water partition coefficient (Wildman–Crippen LogP) is 2.51. The minimum absolute atomic E-state index is 0.0535. The van der Waals surface area contributed by atoms with Crippen LogP contribution >= 0.6 is 0 Å². The maximum Gasteiger partial charge on any atom is 0.273 e. The normalized spacial score (nSPS) is 15.7. The van der Waals surface area contributed by atoms with Crippen molar-refractivity contribution in [3.8, 4) is 0 Å². The molecule has 1 atom stereocenters. The molecule has 0 spiro atoms. The number of nitrogens with zero attached hydrogens (tertiary/aromatic N) is 3. The third kappa shape index (κ3) is 3.38. The van der Waals surface area contributed by atoms with Crippen molar-refractivity contribution in [1.82, 2.24) is 19.2 Å². The summed E-state index contributed by atoms with van der Waals surface area (Å²) in [5.74, 6) is -0.0535. The van der Waals surface area contributed by atoms with Crippen LogP contribution in [0.5, 0.6) is 0 Å². The zero-order valence-electron chi connectivity index (χ0n) is 16.9. The van der Waals surface area contributed by atoms with E-state index in [4.69, 9.17) is 0 Å². The molecule has 7 nitrogen and oxygen atoms in total. The number of hydrogen-bond donors (Lipinski definition) is 1. The zero-order valence-corrected chi connectivity index (χ0v) is 16.9. The summed E-state index contributed by atoms with van der Waals surface area (Å²) in [6.07, 6.45) is 2.16. The first-order valence-electron chi connectivity index (χ1n) is 10.3. The molecule has 5 rings (SSSR count). The molecule has 1 aliphatic heterocycles.